The van der Waals surface area contributed by atoms with Gasteiger partial charge in [0.15, 0.2) is 0 Å². The van der Waals surface area contributed by atoms with Crippen molar-refractivity contribution < 1.29 is 0 Å². The Kier molecular flexibility index (Phi) is 11.8. The Morgan fingerprint density at radius 2 is 1.15 bits per heavy atom. The Labute approximate surface area is 367 Å². The minimum Gasteiger partial charge on any atom is -0.311 e. The maximum absolute atomic E-state index is 2.43. The molecule has 0 saturated heterocycles. The number of anilines is 2. The Balaban J connectivity index is 0.000000639. The largest absolute Gasteiger partial charge is 0.311 e. The van der Waals surface area contributed by atoms with E-state index in [4.69, 9.17) is 0 Å². The summed E-state index contributed by atoms with van der Waals surface area (Å²) in [5, 5.41) is 2.51. The van der Waals surface area contributed by atoms with Crippen molar-refractivity contribution in [3.05, 3.63) is 235 Å². The summed E-state index contributed by atoms with van der Waals surface area (Å²) in [4.78, 5) is 2.30. The number of nitrogens with zero attached hydrogens (tertiary/aromatic N) is 2. The van der Waals surface area contributed by atoms with E-state index in [0.717, 1.165) is 23.5 Å². The van der Waals surface area contributed by atoms with Crippen molar-refractivity contribution in [1.29, 1.82) is 0 Å². The Bertz CT molecular complexity index is 3000. The second-order valence-electron chi connectivity index (χ2n) is 16.5. The zero-order chi connectivity index (χ0) is 42.4. The quantitative estimate of drug-likeness (QED) is 0.146. The second-order valence-corrected chi connectivity index (χ2v) is 16.5. The molecule has 1 unspecified atom stereocenters. The number of rotatable bonds is 7. The third-order valence-corrected chi connectivity index (χ3v) is 12.4. The number of allylic oxidation sites excluding steroid dienone is 3. The summed E-state index contributed by atoms with van der Waals surface area (Å²) in [7, 11) is 0. The molecule has 0 bridgehead atoms. The van der Waals surface area contributed by atoms with Crippen LogP contribution in [-0.4, -0.2) is 4.57 Å². The normalized spacial score (nSPS) is 13.8. The third kappa shape index (κ3) is 8.17. The first-order valence-electron chi connectivity index (χ1n) is 22.1. The Morgan fingerprint density at radius 3 is 1.85 bits per heavy atom. The molecule has 304 valence electrons. The number of hydrogen-bond donors (Lipinski definition) is 0. The van der Waals surface area contributed by atoms with Crippen molar-refractivity contribution >= 4 is 33.2 Å². The van der Waals surface area contributed by atoms with E-state index in [0.29, 0.717) is 5.92 Å². The molecule has 0 aliphatic heterocycles. The summed E-state index contributed by atoms with van der Waals surface area (Å²) in [5.74, 6) is 0.555. The van der Waals surface area contributed by atoms with E-state index in [2.05, 4.69) is 231 Å². The summed E-state index contributed by atoms with van der Waals surface area (Å²) in [6.45, 7) is 8.63. The van der Waals surface area contributed by atoms with Crippen LogP contribution >= 0.6 is 0 Å². The molecular weight excluding hydrogens is 749 g/mol. The molecule has 0 saturated carbocycles. The topological polar surface area (TPSA) is 8.17 Å². The summed E-state index contributed by atoms with van der Waals surface area (Å²) in [5.41, 5.74) is 18.9. The molecule has 0 radical (unpaired) electrons. The first-order valence-corrected chi connectivity index (χ1v) is 22.1. The van der Waals surface area contributed by atoms with Crippen LogP contribution in [0.5, 0.6) is 0 Å². The monoisotopic (exact) mass is 802 g/mol. The number of aromatic nitrogens is 1. The number of benzene rings is 8. The first kappa shape index (κ1) is 40.3. The van der Waals surface area contributed by atoms with Crippen molar-refractivity contribution in [2.24, 2.45) is 0 Å². The molecule has 8 aromatic carbocycles. The van der Waals surface area contributed by atoms with Gasteiger partial charge in [-0.15, -0.1) is 0 Å². The molecule has 1 aliphatic rings. The highest BCUT2D eigenvalue weighted by atomic mass is 15.1. The van der Waals surface area contributed by atoms with Crippen LogP contribution in [0, 0.1) is 6.92 Å². The van der Waals surface area contributed by atoms with E-state index < -0.39 is 0 Å². The van der Waals surface area contributed by atoms with Gasteiger partial charge in [0.2, 0.25) is 0 Å². The molecule has 2 heteroatoms. The lowest BCUT2D eigenvalue weighted by Crippen LogP contribution is -2.14. The van der Waals surface area contributed by atoms with E-state index in [1.807, 2.05) is 18.2 Å². The predicted octanol–water partition coefficient (Wildman–Crippen LogP) is 16.8. The molecular formula is C60H54N2. The fraction of sp³-hybridized carbons (Fsp3) is 0.133. The number of aryl methyl sites for hydroxylation is 2. The van der Waals surface area contributed by atoms with Gasteiger partial charge in [0.05, 0.1) is 11.0 Å². The van der Waals surface area contributed by atoms with Gasteiger partial charge in [-0.25, -0.2) is 0 Å². The van der Waals surface area contributed by atoms with E-state index >= 15 is 0 Å². The van der Waals surface area contributed by atoms with Gasteiger partial charge in [-0.2, -0.15) is 0 Å². The second kappa shape index (κ2) is 18.2. The molecule has 10 rings (SSSR count). The van der Waals surface area contributed by atoms with Gasteiger partial charge in [-0.3, -0.25) is 0 Å². The van der Waals surface area contributed by atoms with Crippen LogP contribution in [0.3, 0.4) is 0 Å². The van der Waals surface area contributed by atoms with Crippen molar-refractivity contribution in [1.82, 2.24) is 4.57 Å². The molecule has 0 N–H and O–H groups in total. The maximum atomic E-state index is 2.43. The third-order valence-electron chi connectivity index (χ3n) is 12.4. The minimum atomic E-state index is 0.555. The van der Waals surface area contributed by atoms with Crippen LogP contribution in [0.25, 0.3) is 60.9 Å². The molecule has 1 aliphatic carbocycles. The molecule has 0 amide bonds. The van der Waals surface area contributed by atoms with Gasteiger partial charge in [-0.05, 0) is 157 Å². The first-order chi connectivity index (χ1) is 30.5. The summed E-state index contributed by atoms with van der Waals surface area (Å²) >= 11 is 0. The van der Waals surface area contributed by atoms with Gasteiger partial charge >= 0.3 is 0 Å². The minimum absolute atomic E-state index is 0.555. The lowest BCUT2D eigenvalue weighted by atomic mass is 9.82. The van der Waals surface area contributed by atoms with Gasteiger partial charge in [0.1, 0.15) is 0 Å². The summed E-state index contributed by atoms with van der Waals surface area (Å²) in [6.07, 6.45) is 10.0. The standard InChI is InChI=1S/C53H46N2.C7H8/c1-4-14-43(5-2)54(44-18-7-6-8-19-44)45-29-23-39(24-30-45)42-28-34-53-51(36-42)49-21-11-12-22-52(49)55(53)46-31-25-38(26-32-46)41-27-33-47-37(3)15-13-17-40-16-9-10-20-48(40)50(47)35-41;1-7-5-3-2-4-6-7/h4-12,14,16,18-37H,13,15,17H2,1-3H3;2-6H,1H3/b14-4-,43-5+;. The molecule has 1 heterocycles. The van der Waals surface area contributed by atoms with Crippen molar-refractivity contribution in [2.75, 3.05) is 4.90 Å². The Hall–Kier alpha value is -7.16. The van der Waals surface area contributed by atoms with Crippen LogP contribution in [0.1, 0.15) is 56.2 Å². The van der Waals surface area contributed by atoms with Crippen molar-refractivity contribution in [3.8, 4) is 39.1 Å². The molecule has 1 aromatic heterocycles. The van der Waals surface area contributed by atoms with Crippen LogP contribution in [0.15, 0.2) is 218 Å². The van der Waals surface area contributed by atoms with Crippen LogP contribution in [0.4, 0.5) is 11.4 Å². The SMILES string of the molecule is C/C=C\C(=C/C)N(c1ccccc1)c1ccc(-c2ccc3c(c2)c2ccccc2n3-c2ccc(-c3ccc4c(c3)-c3ccccc3CCCC4C)cc2)cc1.Cc1ccccc1. The zero-order valence-electron chi connectivity index (χ0n) is 36.3. The number of hydrogen-bond acceptors (Lipinski definition) is 1. The summed E-state index contributed by atoms with van der Waals surface area (Å²) < 4.78 is 2.41. The number of para-hydroxylation sites is 2. The van der Waals surface area contributed by atoms with Gasteiger partial charge < -0.3 is 9.47 Å². The predicted molar refractivity (Wildman–Crippen MR) is 267 cm³/mol. The van der Waals surface area contributed by atoms with Gasteiger partial charge in [0, 0.05) is 33.5 Å². The molecule has 0 fully saturated rings. The lowest BCUT2D eigenvalue weighted by Gasteiger charge is -2.26. The average Bonchev–Trinajstić information content (AvgIpc) is 3.65. The van der Waals surface area contributed by atoms with E-state index in [1.165, 1.54) is 90.4 Å². The van der Waals surface area contributed by atoms with E-state index in [9.17, 15) is 0 Å². The average molecular weight is 803 g/mol. The molecule has 62 heavy (non-hydrogen) atoms. The van der Waals surface area contributed by atoms with Crippen LogP contribution < -0.4 is 4.90 Å². The fourth-order valence-electron chi connectivity index (χ4n) is 9.22. The molecule has 1 atom stereocenters. The van der Waals surface area contributed by atoms with Gasteiger partial charge in [0.25, 0.3) is 0 Å². The maximum Gasteiger partial charge on any atom is 0.0541 e. The molecule has 2 nitrogen and oxygen atoms in total. The highest BCUT2D eigenvalue weighted by Crippen LogP contribution is 2.41. The lowest BCUT2D eigenvalue weighted by molar-refractivity contribution is 0.630. The van der Waals surface area contributed by atoms with Crippen LogP contribution in [0.2, 0.25) is 0 Å². The smallest absolute Gasteiger partial charge is 0.0541 e. The zero-order valence-corrected chi connectivity index (χ0v) is 36.3. The Morgan fingerprint density at radius 1 is 0.548 bits per heavy atom. The van der Waals surface area contributed by atoms with Gasteiger partial charge in [-0.1, -0.05) is 158 Å². The fourth-order valence-corrected chi connectivity index (χ4v) is 9.22. The van der Waals surface area contributed by atoms with Crippen molar-refractivity contribution in [3.63, 3.8) is 0 Å². The highest BCUT2D eigenvalue weighted by Gasteiger charge is 2.20. The molecule has 0 spiro atoms. The number of fused-ring (bicyclic) bond motifs is 6. The van der Waals surface area contributed by atoms with Crippen molar-refractivity contribution in [2.45, 2.75) is 52.9 Å². The highest BCUT2D eigenvalue weighted by molar-refractivity contribution is 6.10. The van der Waals surface area contributed by atoms with Crippen LogP contribution in [-0.2, 0) is 6.42 Å². The van der Waals surface area contributed by atoms with E-state index in [-0.39, 0.29) is 0 Å². The molecule has 9 aromatic rings. The van der Waals surface area contributed by atoms with E-state index in [1.54, 1.807) is 0 Å². The summed E-state index contributed by atoms with van der Waals surface area (Å²) in [6, 6.07) is 70.8.